The van der Waals surface area contributed by atoms with E-state index >= 15 is 0 Å². The molecule has 1 rings (SSSR count). The Labute approximate surface area is 142 Å². The molecular weight excluding hydrogens is 339 g/mol. The predicted octanol–water partition coefficient (Wildman–Crippen LogP) is 0.265. The van der Waals surface area contributed by atoms with Crippen molar-refractivity contribution in [3.63, 3.8) is 0 Å². The fraction of sp³-hybridized carbons (Fsp3) is 0.375. The average molecular weight is 356 g/mol. The molecule has 1 aromatic carbocycles. The van der Waals surface area contributed by atoms with Gasteiger partial charge in [-0.25, -0.2) is 9.18 Å². The number of benzene rings is 1. The number of Topliss-reactive ketones (excluding diaryl/α,β-unsaturated/α-hetero) is 1. The lowest BCUT2D eigenvalue weighted by Gasteiger charge is -2.30. The summed E-state index contributed by atoms with van der Waals surface area (Å²) in [6, 6.07) is 4.64. The molecule has 2 unspecified atom stereocenters. The largest absolute Gasteiger partial charge is 0.469 e. The van der Waals surface area contributed by atoms with Crippen LogP contribution in [0.2, 0.25) is 0 Å². The van der Waals surface area contributed by atoms with Crippen molar-refractivity contribution in [1.29, 1.82) is 0 Å². The van der Waals surface area contributed by atoms with Crippen molar-refractivity contribution < 1.29 is 42.9 Å². The highest BCUT2D eigenvalue weighted by atomic mass is 19.1. The summed E-state index contributed by atoms with van der Waals surface area (Å²) in [5, 5.41) is 10.6. The van der Waals surface area contributed by atoms with E-state index in [1.807, 2.05) is 0 Å². The second kappa shape index (κ2) is 8.34. The van der Waals surface area contributed by atoms with Crippen LogP contribution in [-0.4, -0.2) is 55.7 Å². The van der Waals surface area contributed by atoms with Gasteiger partial charge in [0.05, 0.1) is 33.3 Å². The molecule has 0 heterocycles. The molecule has 25 heavy (non-hydrogen) atoms. The van der Waals surface area contributed by atoms with Crippen LogP contribution >= 0.6 is 0 Å². The number of esters is 3. The van der Waals surface area contributed by atoms with Gasteiger partial charge in [-0.15, -0.1) is 0 Å². The monoisotopic (exact) mass is 356 g/mol. The summed E-state index contributed by atoms with van der Waals surface area (Å²) in [4.78, 5) is 48.3. The van der Waals surface area contributed by atoms with E-state index in [0.29, 0.717) is 0 Å². The zero-order valence-corrected chi connectivity index (χ0v) is 13.8. The molecule has 0 aliphatic carbocycles. The number of methoxy groups -OCH3 is 3. The molecule has 0 bridgehead atoms. The second-order valence-corrected chi connectivity index (χ2v) is 4.97. The van der Waals surface area contributed by atoms with Crippen LogP contribution in [-0.2, 0) is 28.6 Å². The summed E-state index contributed by atoms with van der Waals surface area (Å²) >= 11 is 0. The third-order valence-corrected chi connectivity index (χ3v) is 3.50. The molecule has 1 aromatic rings. The molecule has 0 aliphatic heterocycles. The molecule has 0 aliphatic rings. The molecule has 8 nitrogen and oxygen atoms in total. The topological polar surface area (TPSA) is 116 Å². The Balaban J connectivity index is 3.50. The molecule has 2 atom stereocenters. The highest BCUT2D eigenvalue weighted by Crippen LogP contribution is 2.29. The van der Waals surface area contributed by atoms with E-state index in [1.165, 1.54) is 12.1 Å². The summed E-state index contributed by atoms with van der Waals surface area (Å²) < 4.78 is 27.1. The maximum absolute atomic E-state index is 13.9. The van der Waals surface area contributed by atoms with Crippen molar-refractivity contribution >= 4 is 23.7 Å². The molecule has 1 N–H and O–H groups in total. The first-order chi connectivity index (χ1) is 11.7. The fourth-order valence-corrected chi connectivity index (χ4v) is 2.21. The number of carbonyl (C=O) groups excluding carboxylic acids is 4. The van der Waals surface area contributed by atoms with Crippen molar-refractivity contribution in [3.05, 3.63) is 35.6 Å². The number of carbonyl (C=O) groups is 4. The lowest BCUT2D eigenvalue weighted by Crippen LogP contribution is -2.55. The highest BCUT2D eigenvalue weighted by molar-refractivity contribution is 6.13. The molecule has 0 aromatic heterocycles. The predicted molar refractivity (Wildman–Crippen MR) is 79.8 cm³/mol. The van der Waals surface area contributed by atoms with E-state index < -0.39 is 53.0 Å². The molecule has 0 saturated carbocycles. The molecule has 9 heteroatoms. The lowest BCUT2D eigenvalue weighted by atomic mass is 9.79. The van der Waals surface area contributed by atoms with E-state index in [-0.39, 0.29) is 0 Å². The molecular formula is C16H17FO8. The summed E-state index contributed by atoms with van der Waals surface area (Å²) in [6.07, 6.45) is -1.07. The van der Waals surface area contributed by atoms with Gasteiger partial charge >= 0.3 is 17.9 Å². The first-order valence-corrected chi connectivity index (χ1v) is 6.97. The summed E-state index contributed by atoms with van der Waals surface area (Å²) in [5.41, 5.74) is -3.50. The number of rotatable bonds is 7. The van der Waals surface area contributed by atoms with Crippen molar-refractivity contribution in [2.24, 2.45) is 5.92 Å². The number of ketones is 1. The van der Waals surface area contributed by atoms with Gasteiger partial charge in [0, 0.05) is 0 Å². The van der Waals surface area contributed by atoms with Gasteiger partial charge in [0.25, 0.3) is 0 Å². The van der Waals surface area contributed by atoms with E-state index in [4.69, 9.17) is 0 Å². The van der Waals surface area contributed by atoms with E-state index in [1.54, 1.807) is 0 Å². The van der Waals surface area contributed by atoms with Crippen LogP contribution in [0.5, 0.6) is 0 Å². The van der Waals surface area contributed by atoms with Gasteiger partial charge in [0.1, 0.15) is 5.82 Å². The molecule has 0 spiro atoms. The minimum atomic E-state index is -2.94. The quantitative estimate of drug-likeness (QED) is 0.320. The Morgan fingerprint density at radius 2 is 1.68 bits per heavy atom. The Hall–Kier alpha value is -2.81. The minimum absolute atomic E-state index is 0.565. The molecule has 0 amide bonds. The molecule has 0 fully saturated rings. The Morgan fingerprint density at radius 3 is 2.16 bits per heavy atom. The maximum atomic E-state index is 13.9. The standard InChI is InChI=1S/C16H17FO8/c1-23-11(18)8-16(22,15(21)25-3)12(14(20)24-2)13(19)9-6-4-5-7-10(9)17/h4-7,12,22H,8H2,1-3H3. The van der Waals surface area contributed by atoms with Gasteiger partial charge in [-0.1, -0.05) is 12.1 Å². The Morgan fingerprint density at radius 1 is 1.08 bits per heavy atom. The fourth-order valence-electron chi connectivity index (χ4n) is 2.21. The SMILES string of the molecule is COC(=O)CC(O)(C(=O)OC)C(C(=O)OC)C(=O)c1ccccc1F. The zero-order chi connectivity index (χ0) is 19.2. The molecule has 0 radical (unpaired) electrons. The van der Waals surface area contributed by atoms with E-state index in [2.05, 4.69) is 14.2 Å². The second-order valence-electron chi connectivity index (χ2n) is 4.97. The first-order valence-electron chi connectivity index (χ1n) is 6.97. The van der Waals surface area contributed by atoms with E-state index in [0.717, 1.165) is 33.5 Å². The molecule has 0 saturated heterocycles. The lowest BCUT2D eigenvalue weighted by molar-refractivity contribution is -0.179. The smallest absolute Gasteiger partial charge is 0.339 e. The van der Waals surface area contributed by atoms with Gasteiger partial charge in [-0.05, 0) is 12.1 Å². The third-order valence-electron chi connectivity index (χ3n) is 3.50. The van der Waals surface area contributed by atoms with E-state index in [9.17, 15) is 28.7 Å². The van der Waals surface area contributed by atoms with Gasteiger partial charge in [0.15, 0.2) is 17.3 Å². The summed E-state index contributed by atoms with van der Waals surface area (Å²) in [7, 11) is 2.76. The first kappa shape index (κ1) is 20.2. The van der Waals surface area contributed by atoms with Crippen LogP contribution in [0.4, 0.5) is 4.39 Å². The number of ether oxygens (including phenoxy) is 3. The number of hydrogen-bond acceptors (Lipinski definition) is 8. The van der Waals surface area contributed by atoms with Crippen LogP contribution in [0.25, 0.3) is 0 Å². The Bertz CT molecular complexity index is 686. The zero-order valence-electron chi connectivity index (χ0n) is 13.8. The summed E-state index contributed by atoms with van der Waals surface area (Å²) in [6.45, 7) is 0. The van der Waals surface area contributed by atoms with Crippen LogP contribution in [0, 0.1) is 11.7 Å². The van der Waals surface area contributed by atoms with Gasteiger partial charge in [0.2, 0.25) is 0 Å². The Kier molecular flexibility index (Phi) is 6.75. The van der Waals surface area contributed by atoms with Crippen molar-refractivity contribution in [2.75, 3.05) is 21.3 Å². The minimum Gasteiger partial charge on any atom is -0.469 e. The van der Waals surface area contributed by atoms with Crippen molar-refractivity contribution in [1.82, 2.24) is 0 Å². The third kappa shape index (κ3) is 4.18. The number of hydrogen-bond donors (Lipinski definition) is 1. The maximum Gasteiger partial charge on any atom is 0.339 e. The van der Waals surface area contributed by atoms with Gasteiger partial charge in [-0.3, -0.25) is 14.4 Å². The highest BCUT2D eigenvalue weighted by Gasteiger charge is 2.55. The van der Waals surface area contributed by atoms with Crippen LogP contribution < -0.4 is 0 Å². The number of aliphatic hydroxyl groups is 1. The average Bonchev–Trinajstić information content (AvgIpc) is 2.60. The van der Waals surface area contributed by atoms with Gasteiger partial charge in [-0.2, -0.15) is 0 Å². The van der Waals surface area contributed by atoms with Crippen LogP contribution in [0.1, 0.15) is 16.8 Å². The summed E-state index contributed by atoms with van der Waals surface area (Å²) in [5.74, 6) is -8.35. The van der Waals surface area contributed by atoms with Crippen LogP contribution in [0.3, 0.4) is 0 Å². The van der Waals surface area contributed by atoms with Crippen molar-refractivity contribution in [2.45, 2.75) is 12.0 Å². The van der Waals surface area contributed by atoms with Gasteiger partial charge < -0.3 is 19.3 Å². The van der Waals surface area contributed by atoms with Crippen LogP contribution in [0.15, 0.2) is 24.3 Å². The van der Waals surface area contributed by atoms with Crippen molar-refractivity contribution in [3.8, 4) is 0 Å². The molecule has 136 valence electrons. The number of halogens is 1. The normalized spacial score (nSPS) is 14.0.